The first-order chi connectivity index (χ1) is 11.7. The van der Waals surface area contributed by atoms with E-state index in [4.69, 9.17) is 9.47 Å². The molecular formula is C17H23ClN4O3. The Hall–Kier alpha value is -2.41. The van der Waals surface area contributed by atoms with E-state index < -0.39 is 0 Å². The van der Waals surface area contributed by atoms with Crippen LogP contribution in [0.25, 0.3) is 0 Å². The van der Waals surface area contributed by atoms with E-state index in [9.17, 15) is 4.79 Å². The number of hydrogen-bond donors (Lipinski definition) is 0. The molecule has 0 atom stereocenters. The Balaban J connectivity index is 0.00000225. The second kappa shape index (κ2) is 8.62. The normalized spacial score (nSPS) is 14.0. The third-order valence-electron chi connectivity index (χ3n) is 4.11. The van der Waals surface area contributed by atoms with Gasteiger partial charge in [-0.1, -0.05) is 6.07 Å². The Morgan fingerprint density at radius 2 is 1.92 bits per heavy atom. The van der Waals surface area contributed by atoms with Crippen molar-refractivity contribution in [3.8, 4) is 11.5 Å². The van der Waals surface area contributed by atoms with Crippen LogP contribution in [0.1, 0.15) is 0 Å². The minimum atomic E-state index is -0.00249. The van der Waals surface area contributed by atoms with E-state index in [1.165, 1.54) is 0 Å². The molecule has 1 aliphatic rings. The average molecular weight is 367 g/mol. The highest BCUT2D eigenvalue weighted by Gasteiger charge is 2.23. The highest BCUT2D eigenvalue weighted by atomic mass is 35.5. The Labute approximate surface area is 153 Å². The number of hydrogen-bond acceptors (Lipinski definition) is 5. The lowest BCUT2D eigenvalue weighted by Crippen LogP contribution is -2.50. The summed E-state index contributed by atoms with van der Waals surface area (Å²) in [7, 11) is 3.58. The number of halogens is 1. The van der Waals surface area contributed by atoms with Crippen molar-refractivity contribution in [3.05, 3.63) is 36.7 Å². The summed E-state index contributed by atoms with van der Waals surface area (Å²) in [6, 6.07) is 7.26. The molecule has 0 unspecified atom stereocenters. The number of aryl methyl sites for hydroxylation is 1. The number of methoxy groups -OCH3 is 1. The van der Waals surface area contributed by atoms with Gasteiger partial charge in [-0.15, -0.1) is 12.4 Å². The SMILES string of the molecule is COc1cccc(OCC(=O)N2CCN(c3nccn3C)CC2)c1.Cl. The van der Waals surface area contributed by atoms with Gasteiger partial charge in [0.05, 0.1) is 7.11 Å². The van der Waals surface area contributed by atoms with Crippen LogP contribution in [0.2, 0.25) is 0 Å². The van der Waals surface area contributed by atoms with Crippen molar-refractivity contribution in [1.82, 2.24) is 14.5 Å². The van der Waals surface area contributed by atoms with Gasteiger partial charge in [0, 0.05) is 51.7 Å². The van der Waals surface area contributed by atoms with Crippen LogP contribution in [-0.4, -0.2) is 60.3 Å². The van der Waals surface area contributed by atoms with Crippen molar-refractivity contribution in [2.45, 2.75) is 0 Å². The number of imidazole rings is 1. The smallest absolute Gasteiger partial charge is 0.260 e. The molecule has 1 aliphatic heterocycles. The Bertz CT molecular complexity index is 699. The zero-order valence-corrected chi connectivity index (χ0v) is 15.2. The second-order valence-corrected chi connectivity index (χ2v) is 5.67. The molecule has 136 valence electrons. The van der Waals surface area contributed by atoms with Crippen LogP contribution in [0.4, 0.5) is 5.95 Å². The molecule has 1 saturated heterocycles. The first-order valence-corrected chi connectivity index (χ1v) is 7.94. The van der Waals surface area contributed by atoms with Crippen LogP contribution < -0.4 is 14.4 Å². The first kappa shape index (κ1) is 18.9. The van der Waals surface area contributed by atoms with E-state index in [2.05, 4.69) is 9.88 Å². The van der Waals surface area contributed by atoms with Crippen LogP contribution in [-0.2, 0) is 11.8 Å². The summed E-state index contributed by atoms with van der Waals surface area (Å²) < 4.78 is 12.7. The number of ether oxygens (including phenoxy) is 2. The number of carbonyl (C=O) groups is 1. The molecule has 25 heavy (non-hydrogen) atoms. The third-order valence-corrected chi connectivity index (χ3v) is 4.11. The van der Waals surface area contributed by atoms with Crippen molar-refractivity contribution in [3.63, 3.8) is 0 Å². The van der Waals surface area contributed by atoms with E-state index >= 15 is 0 Å². The van der Waals surface area contributed by atoms with E-state index in [1.807, 2.05) is 40.9 Å². The van der Waals surface area contributed by atoms with Gasteiger partial charge in [0.15, 0.2) is 6.61 Å². The minimum Gasteiger partial charge on any atom is -0.497 e. The van der Waals surface area contributed by atoms with Crippen molar-refractivity contribution in [2.75, 3.05) is 44.8 Å². The van der Waals surface area contributed by atoms with Crippen molar-refractivity contribution in [1.29, 1.82) is 0 Å². The maximum Gasteiger partial charge on any atom is 0.260 e. The molecule has 3 rings (SSSR count). The molecule has 8 heteroatoms. The standard InChI is InChI=1S/C17H22N4O3.ClH/c1-19-7-6-18-17(19)21-10-8-20(9-11-21)16(22)13-24-15-5-3-4-14(12-15)23-2;/h3-7,12H,8-11,13H2,1-2H3;1H. The molecule has 0 saturated carbocycles. The van der Waals surface area contributed by atoms with Gasteiger partial charge in [0.2, 0.25) is 5.95 Å². The number of benzene rings is 1. The average Bonchev–Trinajstić information content (AvgIpc) is 3.06. The number of rotatable bonds is 5. The zero-order valence-electron chi connectivity index (χ0n) is 14.4. The number of amides is 1. The highest BCUT2D eigenvalue weighted by Crippen LogP contribution is 2.19. The van der Waals surface area contributed by atoms with E-state index in [0.29, 0.717) is 24.6 Å². The number of carbonyl (C=O) groups excluding carboxylic acids is 1. The molecule has 2 aromatic rings. The van der Waals surface area contributed by atoms with Crippen LogP contribution in [0.3, 0.4) is 0 Å². The number of piperazine rings is 1. The molecule has 1 fully saturated rings. The molecular weight excluding hydrogens is 344 g/mol. The number of anilines is 1. The monoisotopic (exact) mass is 366 g/mol. The van der Waals surface area contributed by atoms with E-state index in [0.717, 1.165) is 19.0 Å². The topological polar surface area (TPSA) is 59.8 Å². The lowest BCUT2D eigenvalue weighted by Gasteiger charge is -2.35. The summed E-state index contributed by atoms with van der Waals surface area (Å²) in [5, 5.41) is 0. The molecule has 1 aromatic heterocycles. The summed E-state index contributed by atoms with van der Waals surface area (Å²) in [6.07, 6.45) is 3.71. The van der Waals surface area contributed by atoms with Crippen LogP contribution in [0.5, 0.6) is 11.5 Å². The molecule has 2 heterocycles. The Morgan fingerprint density at radius 1 is 1.20 bits per heavy atom. The number of nitrogens with zero attached hydrogens (tertiary/aromatic N) is 4. The summed E-state index contributed by atoms with van der Waals surface area (Å²) >= 11 is 0. The number of aromatic nitrogens is 2. The summed E-state index contributed by atoms with van der Waals surface area (Å²) in [4.78, 5) is 20.7. The van der Waals surface area contributed by atoms with Crippen molar-refractivity contribution in [2.24, 2.45) is 7.05 Å². The summed E-state index contributed by atoms with van der Waals surface area (Å²) in [5.41, 5.74) is 0. The Kier molecular flexibility index (Phi) is 6.52. The van der Waals surface area contributed by atoms with Crippen LogP contribution in [0.15, 0.2) is 36.7 Å². The maximum absolute atomic E-state index is 12.3. The van der Waals surface area contributed by atoms with E-state index in [1.54, 1.807) is 19.4 Å². The van der Waals surface area contributed by atoms with Crippen molar-refractivity contribution >= 4 is 24.3 Å². The van der Waals surface area contributed by atoms with Gasteiger partial charge in [-0.05, 0) is 12.1 Å². The highest BCUT2D eigenvalue weighted by molar-refractivity contribution is 5.85. The van der Waals surface area contributed by atoms with Gasteiger partial charge in [0.1, 0.15) is 11.5 Å². The predicted octanol–water partition coefficient (Wildman–Crippen LogP) is 1.58. The third kappa shape index (κ3) is 4.57. The van der Waals surface area contributed by atoms with Gasteiger partial charge in [-0.25, -0.2) is 4.98 Å². The molecule has 1 amide bonds. The van der Waals surface area contributed by atoms with Crippen molar-refractivity contribution < 1.29 is 14.3 Å². The quantitative estimate of drug-likeness (QED) is 0.804. The largest absolute Gasteiger partial charge is 0.497 e. The molecule has 0 radical (unpaired) electrons. The fourth-order valence-electron chi connectivity index (χ4n) is 2.75. The van der Waals surface area contributed by atoms with E-state index in [-0.39, 0.29) is 24.9 Å². The van der Waals surface area contributed by atoms with Gasteiger partial charge in [0.25, 0.3) is 5.91 Å². The van der Waals surface area contributed by atoms with Gasteiger partial charge in [-0.3, -0.25) is 4.79 Å². The second-order valence-electron chi connectivity index (χ2n) is 5.67. The summed E-state index contributed by atoms with van der Waals surface area (Å²) in [6.45, 7) is 2.93. The molecule has 7 nitrogen and oxygen atoms in total. The molecule has 0 aliphatic carbocycles. The van der Waals surface area contributed by atoms with Gasteiger partial charge >= 0.3 is 0 Å². The predicted molar refractivity (Wildman–Crippen MR) is 97.7 cm³/mol. The lowest BCUT2D eigenvalue weighted by atomic mass is 10.3. The summed E-state index contributed by atoms with van der Waals surface area (Å²) in [5.74, 6) is 2.28. The minimum absolute atomic E-state index is 0. The Morgan fingerprint density at radius 3 is 2.56 bits per heavy atom. The van der Waals surface area contributed by atoms with Gasteiger partial charge < -0.3 is 23.8 Å². The first-order valence-electron chi connectivity index (χ1n) is 7.94. The maximum atomic E-state index is 12.3. The lowest BCUT2D eigenvalue weighted by molar-refractivity contribution is -0.133. The molecule has 1 aromatic carbocycles. The zero-order chi connectivity index (χ0) is 16.9. The molecule has 0 bridgehead atoms. The van der Waals surface area contributed by atoms with Crippen LogP contribution >= 0.6 is 12.4 Å². The molecule has 0 spiro atoms. The molecule has 0 N–H and O–H groups in total. The fraction of sp³-hybridized carbons (Fsp3) is 0.412. The van der Waals surface area contributed by atoms with Crippen LogP contribution in [0, 0.1) is 0 Å². The van der Waals surface area contributed by atoms with Gasteiger partial charge in [-0.2, -0.15) is 0 Å². The fourth-order valence-corrected chi connectivity index (χ4v) is 2.75.